The highest BCUT2D eigenvalue weighted by Crippen LogP contribution is 2.43. The molecule has 2 N–H and O–H groups in total. The smallest absolute Gasteiger partial charge is 0.165 e. The lowest BCUT2D eigenvalue weighted by Crippen LogP contribution is -2.31. The third-order valence-corrected chi connectivity index (χ3v) is 5.88. The number of nitrogen functional groups attached to an aromatic ring is 1. The van der Waals surface area contributed by atoms with E-state index in [4.69, 9.17) is 5.73 Å². The van der Waals surface area contributed by atoms with Crippen LogP contribution in [0.25, 0.3) is 0 Å². The zero-order valence-electron chi connectivity index (χ0n) is 11.8. The van der Waals surface area contributed by atoms with Gasteiger partial charge in [-0.05, 0) is 65.2 Å². The van der Waals surface area contributed by atoms with Gasteiger partial charge in [0.25, 0.3) is 0 Å². The number of nitrogens with two attached hydrogens (primary N) is 1. The van der Waals surface area contributed by atoms with Crippen LogP contribution in [0, 0.1) is 17.8 Å². The minimum absolute atomic E-state index is 0.227. The fraction of sp³-hybridized carbons (Fsp3) is 0.588. The Balaban J connectivity index is 1.72. The van der Waals surface area contributed by atoms with E-state index in [2.05, 4.69) is 15.9 Å². The molecule has 0 radical (unpaired) electrons. The van der Waals surface area contributed by atoms with Gasteiger partial charge in [0.05, 0.1) is 0 Å². The summed E-state index contributed by atoms with van der Waals surface area (Å²) in [5.74, 6) is 2.23. The Kier molecular flexibility index (Phi) is 4.16. The van der Waals surface area contributed by atoms with Crippen molar-refractivity contribution in [1.29, 1.82) is 0 Å². The first-order valence-electron chi connectivity index (χ1n) is 7.74. The van der Waals surface area contributed by atoms with E-state index >= 15 is 0 Å². The van der Waals surface area contributed by atoms with Gasteiger partial charge in [0.1, 0.15) is 0 Å². The Bertz CT molecular complexity index is 514. The Labute approximate surface area is 129 Å². The average molecular weight is 336 g/mol. The molecule has 2 nitrogen and oxygen atoms in total. The van der Waals surface area contributed by atoms with Crippen molar-refractivity contribution in [1.82, 2.24) is 0 Å². The Morgan fingerprint density at radius 3 is 2.60 bits per heavy atom. The second kappa shape index (κ2) is 5.88. The second-order valence-corrected chi connectivity index (χ2v) is 7.27. The quantitative estimate of drug-likeness (QED) is 0.621. The maximum Gasteiger partial charge on any atom is 0.165 e. The van der Waals surface area contributed by atoms with E-state index in [1.165, 1.54) is 32.1 Å². The number of hydrogen-bond donors (Lipinski definition) is 1. The minimum atomic E-state index is 0.227. The molecule has 3 atom stereocenters. The standard InChI is InChI=1S/C17H22BrNO/c18-15-10-14(7-8-16(15)19)17(20)13-6-5-11-3-1-2-4-12(11)9-13/h7-8,10-13H,1-6,9,19H2. The summed E-state index contributed by atoms with van der Waals surface area (Å²) in [6, 6.07) is 5.57. The molecule has 3 unspecified atom stereocenters. The molecule has 0 heterocycles. The maximum atomic E-state index is 12.7. The predicted octanol–water partition coefficient (Wildman–Crippen LogP) is 4.82. The van der Waals surface area contributed by atoms with Gasteiger partial charge in [0.2, 0.25) is 0 Å². The van der Waals surface area contributed by atoms with Gasteiger partial charge in [-0.2, -0.15) is 0 Å². The molecule has 3 heteroatoms. The van der Waals surface area contributed by atoms with Crippen molar-refractivity contribution in [3.05, 3.63) is 28.2 Å². The van der Waals surface area contributed by atoms with Crippen molar-refractivity contribution < 1.29 is 4.79 Å². The number of rotatable bonds is 2. The number of benzene rings is 1. The molecule has 3 rings (SSSR count). The van der Waals surface area contributed by atoms with Crippen molar-refractivity contribution >= 4 is 27.4 Å². The summed E-state index contributed by atoms with van der Waals surface area (Å²) in [4.78, 5) is 12.7. The topological polar surface area (TPSA) is 43.1 Å². The van der Waals surface area contributed by atoms with E-state index in [0.29, 0.717) is 11.5 Å². The maximum absolute atomic E-state index is 12.7. The highest BCUT2D eigenvalue weighted by atomic mass is 79.9. The molecule has 2 fully saturated rings. The summed E-state index contributed by atoms with van der Waals surface area (Å²) in [6.07, 6.45) is 8.89. The lowest BCUT2D eigenvalue weighted by Gasteiger charge is -2.38. The fourth-order valence-electron chi connectivity index (χ4n) is 4.03. The molecular formula is C17H22BrNO. The number of fused-ring (bicyclic) bond motifs is 1. The van der Waals surface area contributed by atoms with E-state index < -0.39 is 0 Å². The normalized spacial score (nSPS) is 29.8. The number of halogens is 1. The summed E-state index contributed by atoms with van der Waals surface area (Å²) in [5, 5.41) is 0. The molecule has 0 amide bonds. The zero-order valence-corrected chi connectivity index (χ0v) is 13.4. The molecule has 0 saturated heterocycles. The van der Waals surface area contributed by atoms with Gasteiger partial charge in [0.15, 0.2) is 5.78 Å². The molecule has 0 bridgehead atoms. The summed E-state index contributed by atoms with van der Waals surface area (Å²) in [7, 11) is 0. The molecule has 1 aromatic rings. The molecule has 1 aromatic carbocycles. The number of Topliss-reactive ketones (excluding diaryl/α,β-unsaturated/α-hetero) is 1. The first-order valence-corrected chi connectivity index (χ1v) is 8.53. The highest BCUT2D eigenvalue weighted by Gasteiger charge is 2.35. The summed E-state index contributed by atoms with van der Waals surface area (Å²) in [5.41, 5.74) is 7.30. The number of hydrogen-bond acceptors (Lipinski definition) is 2. The first kappa shape index (κ1) is 14.1. The van der Waals surface area contributed by atoms with E-state index in [1.54, 1.807) is 0 Å². The molecule has 0 spiro atoms. The van der Waals surface area contributed by atoms with Gasteiger partial charge in [-0.25, -0.2) is 0 Å². The lowest BCUT2D eigenvalue weighted by atomic mass is 9.66. The highest BCUT2D eigenvalue weighted by molar-refractivity contribution is 9.10. The van der Waals surface area contributed by atoms with Crippen LogP contribution in [0.1, 0.15) is 55.3 Å². The molecule has 2 saturated carbocycles. The van der Waals surface area contributed by atoms with Crippen LogP contribution < -0.4 is 5.73 Å². The summed E-state index contributed by atoms with van der Waals surface area (Å²) >= 11 is 3.42. The van der Waals surface area contributed by atoms with E-state index in [-0.39, 0.29) is 5.92 Å². The van der Waals surface area contributed by atoms with Gasteiger partial charge >= 0.3 is 0 Å². The van der Waals surface area contributed by atoms with Crippen molar-refractivity contribution in [3.63, 3.8) is 0 Å². The van der Waals surface area contributed by atoms with Crippen LogP contribution in [0.4, 0.5) is 5.69 Å². The van der Waals surface area contributed by atoms with Crippen molar-refractivity contribution in [3.8, 4) is 0 Å². The van der Waals surface area contributed by atoms with Crippen LogP contribution >= 0.6 is 15.9 Å². The third-order valence-electron chi connectivity index (χ3n) is 5.20. The lowest BCUT2D eigenvalue weighted by molar-refractivity contribution is 0.0763. The average Bonchev–Trinajstić information content (AvgIpc) is 2.49. The van der Waals surface area contributed by atoms with Gasteiger partial charge in [-0.15, -0.1) is 0 Å². The van der Waals surface area contributed by atoms with Gasteiger partial charge in [-0.1, -0.05) is 25.7 Å². The third kappa shape index (κ3) is 2.78. The van der Waals surface area contributed by atoms with Crippen LogP contribution in [0.3, 0.4) is 0 Å². The summed E-state index contributed by atoms with van der Waals surface area (Å²) in [6.45, 7) is 0. The van der Waals surface area contributed by atoms with Crippen molar-refractivity contribution in [2.75, 3.05) is 5.73 Å². The first-order chi connectivity index (χ1) is 9.65. The van der Waals surface area contributed by atoms with Gasteiger partial charge in [-0.3, -0.25) is 4.79 Å². The molecule has 20 heavy (non-hydrogen) atoms. The number of ketones is 1. The van der Waals surface area contributed by atoms with E-state index in [9.17, 15) is 4.79 Å². The molecule has 2 aliphatic rings. The predicted molar refractivity (Wildman–Crippen MR) is 85.7 cm³/mol. The monoisotopic (exact) mass is 335 g/mol. The molecule has 108 valence electrons. The molecular weight excluding hydrogens is 314 g/mol. The fourth-order valence-corrected chi connectivity index (χ4v) is 4.41. The van der Waals surface area contributed by atoms with Gasteiger partial charge in [0, 0.05) is 21.6 Å². The Morgan fingerprint density at radius 1 is 1.10 bits per heavy atom. The van der Waals surface area contributed by atoms with Crippen molar-refractivity contribution in [2.24, 2.45) is 17.8 Å². The number of anilines is 1. The van der Waals surface area contributed by atoms with Crippen LogP contribution in [0.2, 0.25) is 0 Å². The number of carbonyl (C=O) groups is 1. The number of carbonyl (C=O) groups excluding carboxylic acids is 1. The van der Waals surface area contributed by atoms with Crippen LogP contribution in [0.5, 0.6) is 0 Å². The molecule has 0 aromatic heterocycles. The Hall–Kier alpha value is -0.830. The summed E-state index contributed by atoms with van der Waals surface area (Å²) < 4.78 is 0.828. The van der Waals surface area contributed by atoms with Gasteiger partial charge < -0.3 is 5.73 Å². The second-order valence-electron chi connectivity index (χ2n) is 6.42. The van der Waals surface area contributed by atoms with Crippen LogP contribution in [-0.4, -0.2) is 5.78 Å². The van der Waals surface area contributed by atoms with Crippen LogP contribution in [-0.2, 0) is 0 Å². The zero-order chi connectivity index (χ0) is 14.1. The SMILES string of the molecule is Nc1ccc(C(=O)C2CCC3CCCCC3C2)cc1Br. The molecule has 2 aliphatic carbocycles. The van der Waals surface area contributed by atoms with Crippen molar-refractivity contribution in [2.45, 2.75) is 44.9 Å². The largest absolute Gasteiger partial charge is 0.398 e. The van der Waals surface area contributed by atoms with E-state index in [1.807, 2.05) is 18.2 Å². The Morgan fingerprint density at radius 2 is 1.85 bits per heavy atom. The minimum Gasteiger partial charge on any atom is -0.398 e. The van der Waals surface area contributed by atoms with E-state index in [0.717, 1.165) is 34.7 Å². The molecule has 0 aliphatic heterocycles. The van der Waals surface area contributed by atoms with Crippen LogP contribution in [0.15, 0.2) is 22.7 Å².